The van der Waals surface area contributed by atoms with Crippen molar-refractivity contribution in [3.05, 3.63) is 41.5 Å². The first-order valence-electron chi connectivity index (χ1n) is 6.35. The van der Waals surface area contributed by atoms with Gasteiger partial charge < -0.3 is 14.8 Å². The van der Waals surface area contributed by atoms with E-state index in [2.05, 4.69) is 14.8 Å². The summed E-state index contributed by atoms with van der Waals surface area (Å²) >= 11 is 0. The summed E-state index contributed by atoms with van der Waals surface area (Å²) in [7, 11) is 2.70. The van der Waals surface area contributed by atoms with Crippen LogP contribution in [0.15, 0.2) is 30.3 Å². The number of benzene rings is 1. The molecule has 0 aliphatic carbocycles. The quantitative estimate of drug-likeness (QED) is 0.665. The first-order valence-corrected chi connectivity index (χ1v) is 6.35. The lowest BCUT2D eigenvalue weighted by molar-refractivity contribution is -0.141. The fraction of sp³-hybridized carbons (Fsp3) is 0.333. The number of methoxy groups -OCH3 is 2. The summed E-state index contributed by atoms with van der Waals surface area (Å²) < 4.78 is 9.35. The molecule has 0 bridgehead atoms. The molecule has 1 aliphatic rings. The van der Waals surface area contributed by atoms with E-state index in [0.29, 0.717) is 12.1 Å². The van der Waals surface area contributed by atoms with Gasteiger partial charge in [-0.1, -0.05) is 24.3 Å². The molecule has 0 saturated carbocycles. The van der Waals surface area contributed by atoms with Crippen LogP contribution < -0.4 is 5.32 Å². The summed E-state index contributed by atoms with van der Waals surface area (Å²) in [5, 5.41) is 3.20. The van der Waals surface area contributed by atoms with Crippen LogP contribution in [0.4, 0.5) is 0 Å². The molecule has 0 spiro atoms. The summed E-state index contributed by atoms with van der Waals surface area (Å²) in [5.41, 5.74) is 2.72. The van der Waals surface area contributed by atoms with Crippen LogP contribution in [-0.2, 0) is 25.5 Å². The van der Waals surface area contributed by atoms with Gasteiger partial charge in [-0.25, -0.2) is 4.79 Å². The maximum Gasteiger partial charge on any atom is 0.332 e. The van der Waals surface area contributed by atoms with E-state index in [1.54, 1.807) is 0 Å². The highest BCUT2D eigenvalue weighted by Crippen LogP contribution is 2.25. The second-order valence-electron chi connectivity index (χ2n) is 4.56. The van der Waals surface area contributed by atoms with Gasteiger partial charge in [0.2, 0.25) is 0 Å². The molecular formula is C15H17NO4. The Bertz CT molecular complexity index is 551. The molecule has 20 heavy (non-hydrogen) atoms. The van der Waals surface area contributed by atoms with E-state index >= 15 is 0 Å². The first kappa shape index (κ1) is 14.1. The van der Waals surface area contributed by atoms with Crippen molar-refractivity contribution < 1.29 is 19.1 Å². The molecular weight excluding hydrogens is 258 g/mol. The van der Waals surface area contributed by atoms with Gasteiger partial charge in [-0.15, -0.1) is 0 Å². The maximum absolute atomic E-state index is 11.4. The Kier molecular flexibility index (Phi) is 4.40. The third-order valence-electron chi connectivity index (χ3n) is 3.24. The predicted octanol–water partition coefficient (Wildman–Crippen LogP) is 1.28. The van der Waals surface area contributed by atoms with Crippen molar-refractivity contribution in [3.8, 4) is 0 Å². The molecule has 5 nitrogen and oxygen atoms in total. The third kappa shape index (κ3) is 3.17. The molecule has 106 valence electrons. The van der Waals surface area contributed by atoms with Crippen LogP contribution >= 0.6 is 0 Å². The highest BCUT2D eigenvalue weighted by Gasteiger charge is 2.24. The van der Waals surface area contributed by atoms with Gasteiger partial charge in [-0.05, 0) is 12.0 Å². The van der Waals surface area contributed by atoms with Crippen molar-refractivity contribution in [2.24, 2.45) is 0 Å². The molecule has 1 atom stereocenters. The standard InChI is InChI=1S/C15H17NO4/c1-19-14(17)8-11-7-10-5-3-4-6-12(10)13(16-11)9-15(18)20-2/h3-6,9,11,16H,7-8H2,1-2H3. The van der Waals surface area contributed by atoms with Gasteiger partial charge >= 0.3 is 11.9 Å². The van der Waals surface area contributed by atoms with Crippen LogP contribution in [-0.4, -0.2) is 32.2 Å². The van der Waals surface area contributed by atoms with Crippen molar-refractivity contribution in [2.75, 3.05) is 14.2 Å². The maximum atomic E-state index is 11.4. The van der Waals surface area contributed by atoms with E-state index in [0.717, 1.165) is 11.1 Å². The number of rotatable bonds is 3. The number of nitrogens with one attached hydrogen (secondary N) is 1. The summed E-state index contributed by atoms with van der Waals surface area (Å²) in [6.45, 7) is 0. The highest BCUT2D eigenvalue weighted by atomic mass is 16.5. The van der Waals surface area contributed by atoms with Crippen molar-refractivity contribution in [3.63, 3.8) is 0 Å². The number of hydrogen-bond donors (Lipinski definition) is 1. The Morgan fingerprint density at radius 2 is 2.05 bits per heavy atom. The summed E-state index contributed by atoms with van der Waals surface area (Å²) in [5.74, 6) is -0.708. The summed E-state index contributed by atoms with van der Waals surface area (Å²) in [6.07, 6.45) is 2.37. The van der Waals surface area contributed by atoms with Crippen LogP contribution in [0.2, 0.25) is 0 Å². The molecule has 1 aromatic rings. The molecule has 1 unspecified atom stereocenters. The zero-order chi connectivity index (χ0) is 14.5. The summed E-state index contributed by atoms with van der Waals surface area (Å²) in [6, 6.07) is 7.69. The minimum Gasteiger partial charge on any atom is -0.469 e. The van der Waals surface area contributed by atoms with Gasteiger partial charge in [-0.3, -0.25) is 4.79 Å². The SMILES string of the molecule is COC(=O)C=C1NC(CC(=O)OC)Cc2ccccc21. The van der Waals surface area contributed by atoms with Crippen molar-refractivity contribution in [2.45, 2.75) is 18.9 Å². The minimum atomic E-state index is -0.430. The van der Waals surface area contributed by atoms with E-state index in [1.165, 1.54) is 20.3 Å². The molecule has 2 rings (SSSR count). The number of carbonyl (C=O) groups is 2. The van der Waals surface area contributed by atoms with Crippen molar-refractivity contribution >= 4 is 17.6 Å². The Hall–Kier alpha value is -2.30. The lowest BCUT2D eigenvalue weighted by atomic mass is 9.91. The molecule has 1 aliphatic heterocycles. The summed E-state index contributed by atoms with van der Waals surface area (Å²) in [4.78, 5) is 22.8. The zero-order valence-electron chi connectivity index (χ0n) is 11.5. The van der Waals surface area contributed by atoms with Crippen LogP contribution in [0, 0.1) is 0 Å². The predicted molar refractivity (Wildman–Crippen MR) is 73.7 cm³/mol. The van der Waals surface area contributed by atoms with Crippen LogP contribution in [0.25, 0.3) is 5.70 Å². The second-order valence-corrected chi connectivity index (χ2v) is 4.56. The average molecular weight is 275 g/mol. The van der Waals surface area contributed by atoms with Crippen LogP contribution in [0.1, 0.15) is 17.5 Å². The van der Waals surface area contributed by atoms with Gasteiger partial charge in [0.05, 0.1) is 20.6 Å². The number of esters is 2. The lowest BCUT2D eigenvalue weighted by Crippen LogP contribution is -2.37. The molecule has 1 aromatic carbocycles. The molecule has 0 saturated heterocycles. The minimum absolute atomic E-state index is 0.0896. The third-order valence-corrected chi connectivity index (χ3v) is 3.24. The van der Waals surface area contributed by atoms with E-state index in [1.807, 2.05) is 24.3 Å². The molecule has 0 amide bonds. The fourth-order valence-corrected chi connectivity index (χ4v) is 2.28. The number of carbonyl (C=O) groups excluding carboxylic acids is 2. The Morgan fingerprint density at radius 3 is 2.75 bits per heavy atom. The molecule has 1 N–H and O–H groups in total. The van der Waals surface area contributed by atoms with E-state index < -0.39 is 5.97 Å². The first-order chi connectivity index (χ1) is 9.63. The molecule has 0 aromatic heterocycles. The molecule has 0 radical (unpaired) electrons. The zero-order valence-corrected chi connectivity index (χ0v) is 11.5. The number of hydrogen-bond acceptors (Lipinski definition) is 5. The molecule has 5 heteroatoms. The Morgan fingerprint density at radius 1 is 1.30 bits per heavy atom. The van der Waals surface area contributed by atoms with Crippen LogP contribution in [0.3, 0.4) is 0 Å². The smallest absolute Gasteiger partial charge is 0.332 e. The lowest BCUT2D eigenvalue weighted by Gasteiger charge is -2.28. The number of fused-ring (bicyclic) bond motifs is 1. The van der Waals surface area contributed by atoms with Crippen molar-refractivity contribution in [1.82, 2.24) is 5.32 Å². The number of ether oxygens (including phenoxy) is 2. The van der Waals surface area contributed by atoms with Gasteiger partial charge in [0.1, 0.15) is 0 Å². The Labute approximate surface area is 117 Å². The average Bonchev–Trinajstić information content (AvgIpc) is 2.47. The normalized spacial score (nSPS) is 18.9. The topological polar surface area (TPSA) is 64.6 Å². The molecule has 0 fully saturated rings. The monoisotopic (exact) mass is 275 g/mol. The van der Waals surface area contributed by atoms with Gasteiger partial charge in [0.15, 0.2) is 0 Å². The van der Waals surface area contributed by atoms with E-state index in [4.69, 9.17) is 0 Å². The second kappa shape index (κ2) is 6.23. The van der Waals surface area contributed by atoms with Crippen molar-refractivity contribution in [1.29, 1.82) is 0 Å². The molecule has 1 heterocycles. The fourth-order valence-electron chi connectivity index (χ4n) is 2.28. The largest absolute Gasteiger partial charge is 0.469 e. The highest BCUT2D eigenvalue weighted by molar-refractivity contribution is 5.91. The Balaban J connectivity index is 2.29. The van der Waals surface area contributed by atoms with Gasteiger partial charge in [0.25, 0.3) is 0 Å². The van der Waals surface area contributed by atoms with E-state index in [-0.39, 0.29) is 18.4 Å². The van der Waals surface area contributed by atoms with Gasteiger partial charge in [0, 0.05) is 23.4 Å². The van der Waals surface area contributed by atoms with Gasteiger partial charge in [-0.2, -0.15) is 0 Å². The van der Waals surface area contributed by atoms with E-state index in [9.17, 15) is 9.59 Å². The van der Waals surface area contributed by atoms with Crippen LogP contribution in [0.5, 0.6) is 0 Å².